The highest BCUT2D eigenvalue weighted by Crippen LogP contribution is 2.03. The average molecular weight is 171 g/mol. The number of carbonyl (C=O) groups is 1. The zero-order valence-electron chi connectivity index (χ0n) is 6.79. The maximum absolute atomic E-state index is 12.0. The van der Waals surface area contributed by atoms with Crippen molar-refractivity contribution in [1.29, 1.82) is 0 Å². The lowest BCUT2D eigenvalue weighted by Gasteiger charge is -1.97. The molecule has 66 valence electrons. The summed E-state index contributed by atoms with van der Waals surface area (Å²) in [6, 6.07) is 1.53. The molecule has 0 amide bonds. The number of esters is 1. The zero-order valence-corrected chi connectivity index (χ0v) is 6.79. The van der Waals surface area contributed by atoms with Gasteiger partial charge in [0, 0.05) is 12.4 Å². The third-order valence-electron chi connectivity index (χ3n) is 1.40. The molecule has 0 atom stereocenters. The summed E-state index contributed by atoms with van der Waals surface area (Å²) in [6.07, 6.45) is 2.91. The molecule has 0 N–H and O–H groups in total. The van der Waals surface area contributed by atoms with Gasteiger partial charge in [0.15, 0.2) is 6.80 Å². The highest BCUT2D eigenvalue weighted by atomic mass is 19.1. The molecule has 0 aromatic carbocycles. The lowest BCUT2D eigenvalue weighted by atomic mass is 10.3. The van der Waals surface area contributed by atoms with Crippen molar-refractivity contribution < 1.29 is 13.9 Å². The number of ether oxygens (including phenoxy) is 1. The van der Waals surface area contributed by atoms with Crippen molar-refractivity contribution in [3.63, 3.8) is 0 Å². The van der Waals surface area contributed by atoms with Gasteiger partial charge in [0.2, 0.25) is 0 Å². The van der Waals surface area contributed by atoms with E-state index in [0.29, 0.717) is 12.2 Å². The Morgan fingerprint density at radius 2 is 2.50 bits per heavy atom. The van der Waals surface area contributed by atoms with Crippen molar-refractivity contribution in [2.45, 2.75) is 13.7 Å². The SMILES string of the molecule is CCOC(=O)c1ccn(CF)c1. The molecule has 4 heteroatoms. The van der Waals surface area contributed by atoms with Gasteiger partial charge >= 0.3 is 5.97 Å². The molecule has 0 radical (unpaired) electrons. The maximum Gasteiger partial charge on any atom is 0.339 e. The van der Waals surface area contributed by atoms with Gasteiger partial charge in [-0.2, -0.15) is 0 Å². The van der Waals surface area contributed by atoms with E-state index in [4.69, 9.17) is 4.74 Å². The molecular formula is C8H10FNO2. The molecule has 0 spiro atoms. The summed E-state index contributed by atoms with van der Waals surface area (Å²) in [5.41, 5.74) is 0.384. The van der Waals surface area contributed by atoms with Crippen LogP contribution in [0.2, 0.25) is 0 Å². The molecule has 1 aromatic rings. The lowest BCUT2D eigenvalue weighted by Crippen LogP contribution is -2.03. The minimum Gasteiger partial charge on any atom is -0.462 e. The zero-order chi connectivity index (χ0) is 8.97. The number of halogens is 1. The molecule has 12 heavy (non-hydrogen) atoms. The van der Waals surface area contributed by atoms with Crippen LogP contribution in [0.25, 0.3) is 0 Å². The molecule has 1 rings (SSSR count). The van der Waals surface area contributed by atoms with E-state index in [2.05, 4.69) is 0 Å². The molecule has 0 saturated carbocycles. The van der Waals surface area contributed by atoms with Crippen LogP contribution in [0.4, 0.5) is 4.39 Å². The van der Waals surface area contributed by atoms with Crippen LogP contribution in [0.15, 0.2) is 18.5 Å². The van der Waals surface area contributed by atoms with Crippen LogP contribution < -0.4 is 0 Å². The summed E-state index contributed by atoms with van der Waals surface area (Å²) >= 11 is 0. The molecule has 0 aliphatic rings. The number of rotatable bonds is 3. The Labute approximate surface area is 69.8 Å². The second kappa shape index (κ2) is 3.90. The third-order valence-corrected chi connectivity index (χ3v) is 1.40. The minimum atomic E-state index is -0.626. The van der Waals surface area contributed by atoms with Crippen molar-refractivity contribution in [3.05, 3.63) is 24.0 Å². The van der Waals surface area contributed by atoms with E-state index in [1.165, 1.54) is 23.0 Å². The van der Waals surface area contributed by atoms with Crippen LogP contribution >= 0.6 is 0 Å². The monoisotopic (exact) mass is 171 g/mol. The number of alkyl halides is 1. The molecule has 0 aliphatic carbocycles. The fourth-order valence-electron chi connectivity index (χ4n) is 0.850. The largest absolute Gasteiger partial charge is 0.462 e. The van der Waals surface area contributed by atoms with E-state index in [9.17, 15) is 9.18 Å². The van der Waals surface area contributed by atoms with Gasteiger partial charge < -0.3 is 9.30 Å². The molecule has 0 unspecified atom stereocenters. The highest BCUT2D eigenvalue weighted by molar-refractivity contribution is 5.89. The van der Waals surface area contributed by atoms with Crippen LogP contribution in [0.5, 0.6) is 0 Å². The van der Waals surface area contributed by atoms with Gasteiger partial charge in [-0.3, -0.25) is 0 Å². The maximum atomic E-state index is 12.0. The third kappa shape index (κ3) is 1.84. The van der Waals surface area contributed by atoms with Gasteiger partial charge in [-0.15, -0.1) is 0 Å². The second-order valence-electron chi connectivity index (χ2n) is 2.25. The first-order chi connectivity index (χ1) is 5.77. The molecular weight excluding hydrogens is 161 g/mol. The Bertz CT molecular complexity index is 270. The summed E-state index contributed by atoms with van der Waals surface area (Å²) in [6.45, 7) is 1.43. The van der Waals surface area contributed by atoms with Gasteiger partial charge in [0.1, 0.15) is 0 Å². The van der Waals surface area contributed by atoms with Crippen LogP contribution in [0.1, 0.15) is 17.3 Å². The quantitative estimate of drug-likeness (QED) is 0.646. The van der Waals surface area contributed by atoms with E-state index >= 15 is 0 Å². The Hall–Kier alpha value is -1.32. The first-order valence-electron chi connectivity index (χ1n) is 3.66. The van der Waals surface area contributed by atoms with E-state index in [-0.39, 0.29) is 0 Å². The molecule has 0 aliphatic heterocycles. The Morgan fingerprint density at radius 1 is 1.75 bits per heavy atom. The summed E-state index contributed by atoms with van der Waals surface area (Å²) in [7, 11) is 0. The topological polar surface area (TPSA) is 31.2 Å². The van der Waals surface area contributed by atoms with E-state index in [1.54, 1.807) is 6.92 Å². The Morgan fingerprint density at radius 3 is 3.00 bits per heavy atom. The number of nitrogens with zero attached hydrogens (tertiary/aromatic N) is 1. The predicted molar refractivity (Wildman–Crippen MR) is 41.5 cm³/mol. The normalized spacial score (nSPS) is 9.83. The number of hydrogen-bond acceptors (Lipinski definition) is 2. The predicted octanol–water partition coefficient (Wildman–Crippen LogP) is 1.59. The van der Waals surface area contributed by atoms with Crippen molar-refractivity contribution in [1.82, 2.24) is 4.57 Å². The Kier molecular flexibility index (Phi) is 2.85. The summed E-state index contributed by atoms with van der Waals surface area (Å²) in [5, 5.41) is 0. The standard InChI is InChI=1S/C8H10FNO2/c1-2-12-8(11)7-3-4-10(5-7)6-9/h3-5H,2,6H2,1H3. The molecule has 0 bridgehead atoms. The van der Waals surface area contributed by atoms with Gasteiger partial charge in [0.25, 0.3) is 0 Å². The van der Waals surface area contributed by atoms with E-state index in [1.807, 2.05) is 0 Å². The first-order valence-corrected chi connectivity index (χ1v) is 3.66. The summed E-state index contributed by atoms with van der Waals surface area (Å²) in [4.78, 5) is 11.0. The second-order valence-corrected chi connectivity index (χ2v) is 2.25. The minimum absolute atomic E-state index is 0.333. The van der Waals surface area contributed by atoms with Crippen LogP contribution in [-0.2, 0) is 11.5 Å². The van der Waals surface area contributed by atoms with Gasteiger partial charge in [-0.1, -0.05) is 0 Å². The number of carbonyl (C=O) groups excluding carboxylic acids is 1. The number of aromatic nitrogens is 1. The fourth-order valence-corrected chi connectivity index (χ4v) is 0.850. The van der Waals surface area contributed by atoms with Crippen molar-refractivity contribution in [3.8, 4) is 0 Å². The number of hydrogen-bond donors (Lipinski definition) is 0. The highest BCUT2D eigenvalue weighted by Gasteiger charge is 2.06. The van der Waals surface area contributed by atoms with Crippen LogP contribution in [0, 0.1) is 0 Å². The molecule has 0 fully saturated rings. The fraction of sp³-hybridized carbons (Fsp3) is 0.375. The smallest absolute Gasteiger partial charge is 0.339 e. The van der Waals surface area contributed by atoms with E-state index in [0.717, 1.165) is 0 Å². The molecule has 1 aromatic heterocycles. The van der Waals surface area contributed by atoms with Crippen molar-refractivity contribution in [2.75, 3.05) is 6.61 Å². The van der Waals surface area contributed by atoms with Gasteiger partial charge in [-0.25, -0.2) is 9.18 Å². The lowest BCUT2D eigenvalue weighted by molar-refractivity contribution is 0.0526. The van der Waals surface area contributed by atoms with Gasteiger partial charge in [0.05, 0.1) is 12.2 Å². The van der Waals surface area contributed by atoms with Gasteiger partial charge in [-0.05, 0) is 13.0 Å². The van der Waals surface area contributed by atoms with Crippen LogP contribution in [0.3, 0.4) is 0 Å². The summed E-state index contributed by atoms with van der Waals surface area (Å²) in [5.74, 6) is -0.412. The first kappa shape index (κ1) is 8.77. The molecule has 3 nitrogen and oxygen atoms in total. The van der Waals surface area contributed by atoms with Crippen LogP contribution in [-0.4, -0.2) is 17.1 Å². The Balaban J connectivity index is 2.68. The molecule has 1 heterocycles. The van der Waals surface area contributed by atoms with Crippen molar-refractivity contribution >= 4 is 5.97 Å². The summed E-state index contributed by atoms with van der Waals surface area (Å²) < 4.78 is 18.0. The molecule has 0 saturated heterocycles. The van der Waals surface area contributed by atoms with Crippen molar-refractivity contribution in [2.24, 2.45) is 0 Å². The van der Waals surface area contributed by atoms with E-state index < -0.39 is 12.8 Å². The average Bonchev–Trinajstić information content (AvgIpc) is 2.52.